The van der Waals surface area contributed by atoms with Gasteiger partial charge in [0.1, 0.15) is 23.6 Å². The van der Waals surface area contributed by atoms with Crippen LogP contribution >= 0.6 is 0 Å². The topological polar surface area (TPSA) is 146 Å². The molecule has 11 heteroatoms. The number of imidazole rings is 1. The predicted octanol–water partition coefficient (Wildman–Crippen LogP) is 3.07. The lowest BCUT2D eigenvalue weighted by Gasteiger charge is -2.27. The van der Waals surface area contributed by atoms with Crippen molar-refractivity contribution < 1.29 is 19.1 Å². The van der Waals surface area contributed by atoms with Gasteiger partial charge in [-0.05, 0) is 50.1 Å². The zero-order chi connectivity index (χ0) is 27.5. The number of hydrogen-bond acceptors (Lipinski definition) is 6. The van der Waals surface area contributed by atoms with Gasteiger partial charge in [-0.25, -0.2) is 4.98 Å². The van der Waals surface area contributed by atoms with Crippen LogP contribution < -0.4 is 21.1 Å². The highest BCUT2D eigenvalue weighted by Crippen LogP contribution is 2.38. The van der Waals surface area contributed by atoms with Crippen LogP contribution in [0.5, 0.6) is 5.75 Å². The normalized spacial score (nSPS) is 14.4. The van der Waals surface area contributed by atoms with Gasteiger partial charge < -0.3 is 20.4 Å². The molecule has 2 aromatic heterocycles. The van der Waals surface area contributed by atoms with Crippen molar-refractivity contribution in [1.82, 2.24) is 24.6 Å². The van der Waals surface area contributed by atoms with E-state index in [1.54, 1.807) is 29.0 Å². The van der Waals surface area contributed by atoms with Crippen LogP contribution in [-0.4, -0.2) is 50.2 Å². The Hall–Kier alpha value is -4.93. The smallest absolute Gasteiger partial charge is 0.276 e. The lowest BCUT2D eigenvalue weighted by Crippen LogP contribution is -2.30. The molecular weight excluding hydrogens is 498 g/mol. The quantitative estimate of drug-likeness (QED) is 0.285. The van der Waals surface area contributed by atoms with Crippen LogP contribution in [0.3, 0.4) is 0 Å². The van der Waals surface area contributed by atoms with Crippen molar-refractivity contribution in [3.8, 4) is 5.75 Å². The van der Waals surface area contributed by atoms with Crippen LogP contribution in [0.25, 0.3) is 17.1 Å². The van der Waals surface area contributed by atoms with Crippen LogP contribution in [0.15, 0.2) is 54.6 Å². The molecule has 3 heterocycles. The van der Waals surface area contributed by atoms with Crippen LogP contribution in [0.1, 0.15) is 51.5 Å². The Morgan fingerprint density at radius 2 is 1.97 bits per heavy atom. The summed E-state index contributed by atoms with van der Waals surface area (Å²) in [6, 6.07) is 14.2. The molecule has 2 aromatic carbocycles. The summed E-state index contributed by atoms with van der Waals surface area (Å²) in [4.78, 5) is 42.1. The number of primary amides is 1. The van der Waals surface area contributed by atoms with Gasteiger partial charge in [-0.1, -0.05) is 30.3 Å². The molecule has 0 saturated heterocycles. The SMILES string of the molecule is CCn1nc(C)cc1C(=O)Nc1nc2cc(C(N)=O)cc3c2n1[C@@H](CCNC(=O)C=Cc1ccccc1)CO3. The summed E-state index contributed by atoms with van der Waals surface area (Å²) in [7, 11) is 0. The minimum atomic E-state index is -0.604. The Morgan fingerprint density at radius 1 is 1.18 bits per heavy atom. The minimum absolute atomic E-state index is 0.213. The summed E-state index contributed by atoms with van der Waals surface area (Å²) in [5.74, 6) is -0.412. The van der Waals surface area contributed by atoms with Crippen molar-refractivity contribution in [2.75, 3.05) is 18.5 Å². The number of carbonyl (C=O) groups excluding carboxylic acids is 3. The van der Waals surface area contributed by atoms with Crippen molar-refractivity contribution in [2.45, 2.75) is 32.9 Å². The molecule has 3 amide bonds. The molecule has 0 radical (unpaired) electrons. The number of hydrogen-bond donors (Lipinski definition) is 3. The van der Waals surface area contributed by atoms with E-state index in [1.807, 2.05) is 48.7 Å². The molecule has 39 heavy (non-hydrogen) atoms. The second-order valence-corrected chi connectivity index (χ2v) is 9.24. The number of rotatable bonds is 9. The second-order valence-electron chi connectivity index (χ2n) is 9.24. The first-order valence-electron chi connectivity index (χ1n) is 12.7. The zero-order valence-electron chi connectivity index (χ0n) is 21.7. The molecule has 1 aliphatic rings. The van der Waals surface area contributed by atoms with E-state index >= 15 is 0 Å². The van der Waals surface area contributed by atoms with Gasteiger partial charge in [0.2, 0.25) is 17.8 Å². The van der Waals surface area contributed by atoms with Gasteiger partial charge in [-0.3, -0.25) is 24.4 Å². The van der Waals surface area contributed by atoms with E-state index < -0.39 is 5.91 Å². The van der Waals surface area contributed by atoms with Gasteiger partial charge in [-0.2, -0.15) is 5.10 Å². The standard InChI is InChI=1S/C28H29N7O4/c1-3-34-22(13-17(2)33-34)27(38)32-28-31-21-14-19(26(29)37)15-23-25(21)35(28)20(16-39-23)11-12-30-24(36)10-9-18-7-5-4-6-8-18/h4-10,13-15,20H,3,11-12,16H2,1-2H3,(H2,29,37)(H,30,36)(H,31,32,38)/t20-/m0/s1. The molecule has 4 N–H and O–H groups in total. The summed E-state index contributed by atoms with van der Waals surface area (Å²) < 4.78 is 9.50. The highest BCUT2D eigenvalue weighted by molar-refractivity contribution is 6.04. The van der Waals surface area contributed by atoms with E-state index in [9.17, 15) is 14.4 Å². The van der Waals surface area contributed by atoms with Crippen molar-refractivity contribution in [3.63, 3.8) is 0 Å². The maximum atomic E-state index is 13.2. The van der Waals surface area contributed by atoms with E-state index in [4.69, 9.17) is 10.5 Å². The Bertz CT molecular complexity index is 1590. The molecule has 0 spiro atoms. The third kappa shape index (κ3) is 5.37. The van der Waals surface area contributed by atoms with Crippen LogP contribution in [0.2, 0.25) is 0 Å². The molecular formula is C28H29N7O4. The number of anilines is 1. The number of aromatic nitrogens is 4. The molecule has 5 rings (SSSR count). The predicted molar refractivity (Wildman–Crippen MR) is 146 cm³/mol. The van der Waals surface area contributed by atoms with Crippen molar-refractivity contribution in [3.05, 3.63) is 77.1 Å². The van der Waals surface area contributed by atoms with Gasteiger partial charge >= 0.3 is 0 Å². The minimum Gasteiger partial charge on any atom is -0.489 e. The van der Waals surface area contributed by atoms with Gasteiger partial charge in [0, 0.05) is 24.7 Å². The summed E-state index contributed by atoms with van der Waals surface area (Å²) >= 11 is 0. The molecule has 0 saturated carbocycles. The monoisotopic (exact) mass is 527 g/mol. The number of carbonyl (C=O) groups is 3. The second kappa shape index (κ2) is 10.8. The number of nitrogens with one attached hydrogen (secondary N) is 2. The molecule has 4 aromatic rings. The lowest BCUT2D eigenvalue weighted by atomic mass is 10.1. The fraction of sp³-hybridized carbons (Fsp3) is 0.250. The Morgan fingerprint density at radius 3 is 2.72 bits per heavy atom. The first-order chi connectivity index (χ1) is 18.8. The van der Waals surface area contributed by atoms with Crippen LogP contribution in [0, 0.1) is 6.92 Å². The number of benzene rings is 2. The van der Waals surface area contributed by atoms with E-state index in [0.29, 0.717) is 47.9 Å². The van der Waals surface area contributed by atoms with Crippen molar-refractivity contribution in [2.24, 2.45) is 5.73 Å². The first kappa shape index (κ1) is 25.7. The fourth-order valence-corrected chi connectivity index (χ4v) is 4.66. The molecule has 0 unspecified atom stereocenters. The third-order valence-corrected chi connectivity index (χ3v) is 6.49. The van der Waals surface area contributed by atoms with Crippen molar-refractivity contribution >= 4 is 40.8 Å². The van der Waals surface area contributed by atoms with E-state index in [0.717, 1.165) is 11.3 Å². The molecule has 200 valence electrons. The summed E-state index contributed by atoms with van der Waals surface area (Å²) in [5, 5.41) is 10.2. The maximum absolute atomic E-state index is 13.2. The van der Waals surface area contributed by atoms with Crippen LogP contribution in [-0.2, 0) is 11.3 Å². The number of nitrogens with zero attached hydrogens (tertiary/aromatic N) is 4. The van der Waals surface area contributed by atoms with Gasteiger partial charge in [0.25, 0.3) is 5.91 Å². The highest BCUT2D eigenvalue weighted by Gasteiger charge is 2.29. The first-order valence-corrected chi connectivity index (χ1v) is 12.7. The number of aryl methyl sites for hydroxylation is 2. The third-order valence-electron chi connectivity index (χ3n) is 6.49. The summed E-state index contributed by atoms with van der Waals surface area (Å²) in [6.45, 7) is 4.89. The Labute approximate surface area is 224 Å². The van der Waals surface area contributed by atoms with E-state index in [2.05, 4.69) is 20.7 Å². The fourth-order valence-electron chi connectivity index (χ4n) is 4.66. The van der Waals surface area contributed by atoms with Gasteiger partial charge in [-0.15, -0.1) is 0 Å². The van der Waals surface area contributed by atoms with Crippen molar-refractivity contribution in [1.29, 1.82) is 0 Å². The summed E-state index contributed by atoms with van der Waals surface area (Å²) in [5.41, 5.74) is 8.95. The van der Waals surface area contributed by atoms with E-state index in [1.165, 1.54) is 6.08 Å². The highest BCUT2D eigenvalue weighted by atomic mass is 16.5. The molecule has 1 aliphatic heterocycles. The number of amides is 3. The summed E-state index contributed by atoms with van der Waals surface area (Å²) in [6.07, 6.45) is 3.76. The number of nitrogens with two attached hydrogens (primary N) is 1. The van der Waals surface area contributed by atoms with Gasteiger partial charge in [0.05, 0.1) is 17.3 Å². The van der Waals surface area contributed by atoms with Crippen LogP contribution in [0.4, 0.5) is 5.95 Å². The lowest BCUT2D eigenvalue weighted by molar-refractivity contribution is -0.116. The van der Waals surface area contributed by atoms with Gasteiger partial charge in [0.15, 0.2) is 0 Å². The maximum Gasteiger partial charge on any atom is 0.276 e. The zero-order valence-corrected chi connectivity index (χ0v) is 21.7. The molecule has 0 aliphatic carbocycles. The molecule has 0 fully saturated rings. The molecule has 0 bridgehead atoms. The average molecular weight is 528 g/mol. The van der Waals surface area contributed by atoms with E-state index in [-0.39, 0.29) is 30.0 Å². The molecule has 1 atom stereocenters. The number of ether oxygens (including phenoxy) is 1. The average Bonchev–Trinajstić information content (AvgIpc) is 3.50. The largest absolute Gasteiger partial charge is 0.489 e. The molecule has 11 nitrogen and oxygen atoms in total. The Balaban J connectivity index is 1.39. The Kier molecular flexibility index (Phi) is 7.13.